The number of benzene rings is 1. The van der Waals surface area contributed by atoms with Gasteiger partial charge in [-0.2, -0.15) is 13.2 Å². The minimum Gasteiger partial charge on any atom is -0.166 e. The highest BCUT2D eigenvalue weighted by molar-refractivity contribution is 7.15. The van der Waals surface area contributed by atoms with E-state index in [1.807, 2.05) is 25.1 Å². The molecule has 1 aromatic heterocycles. The van der Waals surface area contributed by atoms with Crippen molar-refractivity contribution in [2.45, 2.75) is 90.7 Å². The van der Waals surface area contributed by atoms with E-state index in [0.717, 1.165) is 29.0 Å². The molecular formula is C24H33F3S. The van der Waals surface area contributed by atoms with Crippen LogP contribution in [0.2, 0.25) is 0 Å². The van der Waals surface area contributed by atoms with Crippen molar-refractivity contribution in [1.29, 1.82) is 0 Å². The maximum Gasteiger partial charge on any atom is 0.416 e. The van der Waals surface area contributed by atoms with Crippen LogP contribution in [0.4, 0.5) is 13.2 Å². The number of hydrogen-bond acceptors (Lipinski definition) is 1. The normalized spacial score (nSPS) is 11.9. The van der Waals surface area contributed by atoms with Crippen LogP contribution in [0.15, 0.2) is 30.3 Å². The lowest BCUT2D eigenvalue weighted by atomic mass is 9.97. The van der Waals surface area contributed by atoms with Crippen molar-refractivity contribution in [2.75, 3.05) is 0 Å². The molecule has 2 rings (SSSR count). The van der Waals surface area contributed by atoms with E-state index in [1.54, 1.807) is 6.07 Å². The number of hydrogen-bond donors (Lipinski definition) is 0. The summed E-state index contributed by atoms with van der Waals surface area (Å²) in [4.78, 5) is 2.01. The van der Waals surface area contributed by atoms with Gasteiger partial charge in [-0.3, -0.25) is 0 Å². The fourth-order valence-corrected chi connectivity index (χ4v) is 4.47. The van der Waals surface area contributed by atoms with E-state index >= 15 is 0 Å². The molecule has 0 saturated carbocycles. The Bertz CT molecular complexity index is 700. The van der Waals surface area contributed by atoms with Crippen molar-refractivity contribution >= 4 is 11.3 Å². The molecule has 1 aromatic carbocycles. The second-order valence-corrected chi connectivity index (χ2v) is 9.00. The summed E-state index contributed by atoms with van der Waals surface area (Å²) >= 11 is 1.53. The fourth-order valence-electron chi connectivity index (χ4n) is 3.60. The largest absolute Gasteiger partial charge is 0.416 e. The number of unbranched alkanes of at least 4 members (excludes halogenated alkanes) is 9. The van der Waals surface area contributed by atoms with E-state index in [-0.39, 0.29) is 0 Å². The molecule has 0 radical (unpaired) electrons. The summed E-state index contributed by atoms with van der Waals surface area (Å²) in [6.45, 7) is 4.19. The lowest BCUT2D eigenvalue weighted by Gasteiger charge is -2.14. The maximum atomic E-state index is 13.6. The molecular weight excluding hydrogens is 377 g/mol. The van der Waals surface area contributed by atoms with Crippen LogP contribution >= 0.6 is 11.3 Å². The summed E-state index contributed by atoms with van der Waals surface area (Å²) in [6.07, 6.45) is 8.18. The molecule has 0 aliphatic rings. The SMILES string of the molecule is CCCCCCCCCCCCc1ccc(-c2ccc(C)s2)cc1C(F)(F)F. The summed E-state index contributed by atoms with van der Waals surface area (Å²) in [7, 11) is 0. The lowest BCUT2D eigenvalue weighted by Crippen LogP contribution is -2.09. The molecule has 0 nitrogen and oxygen atoms in total. The minimum atomic E-state index is -4.30. The van der Waals surface area contributed by atoms with E-state index in [0.29, 0.717) is 17.5 Å². The van der Waals surface area contributed by atoms with Gasteiger partial charge in [0.05, 0.1) is 5.56 Å². The van der Waals surface area contributed by atoms with Gasteiger partial charge in [0.1, 0.15) is 0 Å². The molecule has 0 aliphatic carbocycles. The molecule has 1 heterocycles. The highest BCUT2D eigenvalue weighted by Gasteiger charge is 2.33. The second kappa shape index (κ2) is 11.6. The van der Waals surface area contributed by atoms with Crippen LogP contribution in [0.5, 0.6) is 0 Å². The van der Waals surface area contributed by atoms with Crippen molar-refractivity contribution in [3.63, 3.8) is 0 Å². The van der Waals surface area contributed by atoms with Crippen LogP contribution in [0.3, 0.4) is 0 Å². The monoisotopic (exact) mass is 410 g/mol. The zero-order valence-corrected chi connectivity index (χ0v) is 18.0. The summed E-state index contributed by atoms with van der Waals surface area (Å²) in [5, 5.41) is 0. The Morgan fingerprint density at radius 1 is 0.786 bits per heavy atom. The van der Waals surface area contributed by atoms with Crippen molar-refractivity contribution < 1.29 is 13.2 Å². The first-order valence-electron chi connectivity index (χ1n) is 10.7. The quantitative estimate of drug-likeness (QED) is 0.306. The Labute approximate surface area is 172 Å². The molecule has 4 heteroatoms. The number of alkyl halides is 3. The van der Waals surface area contributed by atoms with E-state index < -0.39 is 11.7 Å². The van der Waals surface area contributed by atoms with Crippen molar-refractivity contribution in [3.8, 4) is 10.4 Å². The van der Waals surface area contributed by atoms with E-state index in [1.165, 1.54) is 62.3 Å². The highest BCUT2D eigenvalue weighted by Crippen LogP contribution is 2.37. The zero-order chi connectivity index (χ0) is 20.4. The number of thiophene rings is 1. The number of halogens is 3. The first-order valence-corrected chi connectivity index (χ1v) is 11.5. The molecule has 0 atom stereocenters. The molecule has 0 aliphatic heterocycles. The minimum absolute atomic E-state index is 0.434. The van der Waals surface area contributed by atoms with Gasteiger partial charge in [0.25, 0.3) is 0 Å². The van der Waals surface area contributed by atoms with Crippen LogP contribution in [0.25, 0.3) is 10.4 Å². The third-order valence-electron chi connectivity index (χ3n) is 5.24. The Kier molecular flexibility index (Phi) is 9.57. The highest BCUT2D eigenvalue weighted by atomic mass is 32.1. The second-order valence-electron chi connectivity index (χ2n) is 7.71. The van der Waals surface area contributed by atoms with Gasteiger partial charge >= 0.3 is 6.18 Å². The third-order valence-corrected chi connectivity index (χ3v) is 6.29. The zero-order valence-electron chi connectivity index (χ0n) is 17.2. The standard InChI is InChI=1S/C24H33F3S/c1-3-4-5-6-7-8-9-10-11-12-13-20-15-16-21(18-22(20)24(25,26)27)23-17-14-19(2)28-23/h14-18H,3-13H2,1-2H3. The van der Waals surface area contributed by atoms with E-state index in [2.05, 4.69) is 6.92 Å². The van der Waals surface area contributed by atoms with Gasteiger partial charge in [-0.25, -0.2) is 0 Å². The first-order chi connectivity index (χ1) is 13.4. The number of aryl methyl sites for hydroxylation is 2. The molecule has 0 saturated heterocycles. The predicted octanol–water partition coefficient (Wildman–Crippen LogP) is 9.21. The Morgan fingerprint density at radius 2 is 1.39 bits per heavy atom. The summed E-state index contributed by atoms with van der Waals surface area (Å²) in [6, 6.07) is 8.70. The van der Waals surface area contributed by atoms with Crippen molar-refractivity contribution in [1.82, 2.24) is 0 Å². The van der Waals surface area contributed by atoms with Gasteiger partial charge in [-0.1, -0.05) is 76.8 Å². The smallest absolute Gasteiger partial charge is 0.166 e. The molecule has 0 N–H and O–H groups in total. The summed E-state index contributed by atoms with van der Waals surface area (Å²) in [5.41, 5.74) is 0.633. The fraction of sp³-hybridized carbons (Fsp3) is 0.583. The van der Waals surface area contributed by atoms with Crippen LogP contribution in [0, 0.1) is 6.92 Å². The molecule has 28 heavy (non-hydrogen) atoms. The third kappa shape index (κ3) is 7.62. The molecule has 0 fully saturated rings. The molecule has 2 aromatic rings. The summed E-state index contributed by atoms with van der Waals surface area (Å²) < 4.78 is 40.7. The molecule has 0 unspecified atom stereocenters. The van der Waals surface area contributed by atoms with Crippen molar-refractivity contribution in [3.05, 3.63) is 46.3 Å². The van der Waals surface area contributed by atoms with Crippen molar-refractivity contribution in [2.24, 2.45) is 0 Å². The summed E-state index contributed by atoms with van der Waals surface area (Å²) in [5.74, 6) is 0. The predicted molar refractivity (Wildman–Crippen MR) is 115 cm³/mol. The first kappa shape index (κ1) is 23.0. The van der Waals surface area contributed by atoms with Gasteiger partial charge in [-0.05, 0) is 49.1 Å². The van der Waals surface area contributed by atoms with Gasteiger partial charge in [0.2, 0.25) is 0 Å². The Hall–Kier alpha value is -1.29. The van der Waals surface area contributed by atoms with E-state index in [9.17, 15) is 13.2 Å². The maximum absolute atomic E-state index is 13.6. The topological polar surface area (TPSA) is 0 Å². The van der Waals surface area contributed by atoms with Gasteiger partial charge < -0.3 is 0 Å². The number of rotatable bonds is 12. The Morgan fingerprint density at radius 3 is 1.93 bits per heavy atom. The van der Waals surface area contributed by atoms with Crippen LogP contribution in [-0.4, -0.2) is 0 Å². The van der Waals surface area contributed by atoms with Gasteiger partial charge in [0, 0.05) is 9.75 Å². The molecule has 0 bridgehead atoms. The van der Waals surface area contributed by atoms with E-state index in [4.69, 9.17) is 0 Å². The molecule has 156 valence electrons. The van der Waals surface area contributed by atoms with Crippen LogP contribution in [0.1, 0.15) is 87.1 Å². The lowest BCUT2D eigenvalue weighted by molar-refractivity contribution is -0.138. The van der Waals surface area contributed by atoms with Crippen LogP contribution in [-0.2, 0) is 12.6 Å². The van der Waals surface area contributed by atoms with Gasteiger partial charge in [0.15, 0.2) is 0 Å². The molecule has 0 amide bonds. The average molecular weight is 411 g/mol. The Balaban J connectivity index is 1.82. The molecule has 0 spiro atoms. The van der Waals surface area contributed by atoms with Gasteiger partial charge in [-0.15, -0.1) is 11.3 Å². The average Bonchev–Trinajstić information content (AvgIpc) is 3.09. The van der Waals surface area contributed by atoms with Crippen LogP contribution < -0.4 is 0 Å².